The predicted octanol–water partition coefficient (Wildman–Crippen LogP) is 3.36. The van der Waals surface area contributed by atoms with Crippen molar-refractivity contribution in [3.63, 3.8) is 0 Å². The van der Waals surface area contributed by atoms with Gasteiger partial charge in [-0.2, -0.15) is 0 Å². The second-order valence-electron chi connectivity index (χ2n) is 2.79. The van der Waals surface area contributed by atoms with Gasteiger partial charge in [0, 0.05) is 11.6 Å². The number of nitrogens with two attached hydrogens (primary N) is 1. The van der Waals surface area contributed by atoms with E-state index in [1.54, 1.807) is 0 Å². The first kappa shape index (κ1) is 11.3. The zero-order valence-electron chi connectivity index (χ0n) is 7.31. The SMILES string of the molecule is CCCC(NN)c1cc(Cl)sc1Cl. The van der Waals surface area contributed by atoms with Crippen LogP contribution in [0.3, 0.4) is 0 Å². The lowest BCUT2D eigenvalue weighted by Crippen LogP contribution is -2.27. The topological polar surface area (TPSA) is 38.0 Å². The molecule has 1 aromatic rings. The van der Waals surface area contributed by atoms with Crippen LogP contribution in [0.4, 0.5) is 0 Å². The van der Waals surface area contributed by atoms with E-state index < -0.39 is 0 Å². The molecule has 0 saturated carbocycles. The summed E-state index contributed by atoms with van der Waals surface area (Å²) in [4.78, 5) is 0. The summed E-state index contributed by atoms with van der Waals surface area (Å²) < 4.78 is 1.43. The zero-order valence-corrected chi connectivity index (χ0v) is 9.64. The summed E-state index contributed by atoms with van der Waals surface area (Å²) in [5, 5.41) is 0. The highest BCUT2D eigenvalue weighted by molar-refractivity contribution is 7.20. The summed E-state index contributed by atoms with van der Waals surface area (Å²) in [6, 6.07) is 1.98. The number of rotatable bonds is 4. The summed E-state index contributed by atoms with van der Waals surface area (Å²) >= 11 is 13.2. The molecule has 5 heteroatoms. The first-order valence-electron chi connectivity index (χ1n) is 4.09. The van der Waals surface area contributed by atoms with Crippen molar-refractivity contribution in [2.24, 2.45) is 5.84 Å². The van der Waals surface area contributed by atoms with Gasteiger partial charge >= 0.3 is 0 Å². The third kappa shape index (κ3) is 2.82. The van der Waals surface area contributed by atoms with Gasteiger partial charge in [-0.25, -0.2) is 0 Å². The fraction of sp³-hybridized carbons (Fsp3) is 0.500. The third-order valence-corrected chi connectivity index (χ3v) is 3.36. The number of hydrogen-bond acceptors (Lipinski definition) is 3. The van der Waals surface area contributed by atoms with Crippen LogP contribution in [0, 0.1) is 0 Å². The molecule has 1 rings (SSSR count). The number of nitrogens with one attached hydrogen (secondary N) is 1. The normalized spacial score (nSPS) is 13.2. The van der Waals surface area contributed by atoms with Gasteiger partial charge in [-0.3, -0.25) is 11.3 Å². The van der Waals surface area contributed by atoms with Crippen molar-refractivity contribution in [1.29, 1.82) is 0 Å². The van der Waals surface area contributed by atoms with Crippen LogP contribution in [0.5, 0.6) is 0 Å². The van der Waals surface area contributed by atoms with E-state index in [9.17, 15) is 0 Å². The first-order valence-corrected chi connectivity index (χ1v) is 5.67. The Morgan fingerprint density at radius 3 is 2.69 bits per heavy atom. The summed E-state index contributed by atoms with van der Waals surface area (Å²) in [6.45, 7) is 2.10. The van der Waals surface area contributed by atoms with Crippen molar-refractivity contribution >= 4 is 34.5 Å². The molecule has 1 unspecified atom stereocenters. The largest absolute Gasteiger partial charge is 0.271 e. The molecule has 1 heterocycles. The van der Waals surface area contributed by atoms with Gasteiger partial charge in [0.15, 0.2) is 0 Å². The second-order valence-corrected chi connectivity index (χ2v) is 5.07. The quantitative estimate of drug-likeness (QED) is 0.624. The van der Waals surface area contributed by atoms with Gasteiger partial charge in [-0.15, -0.1) is 11.3 Å². The van der Waals surface area contributed by atoms with Gasteiger partial charge in [-0.05, 0) is 12.5 Å². The molecular weight excluding hydrogens is 227 g/mol. The lowest BCUT2D eigenvalue weighted by Gasteiger charge is -2.13. The van der Waals surface area contributed by atoms with Crippen LogP contribution in [0.2, 0.25) is 8.67 Å². The molecule has 1 aromatic heterocycles. The van der Waals surface area contributed by atoms with E-state index in [4.69, 9.17) is 29.0 Å². The third-order valence-electron chi connectivity index (χ3n) is 1.84. The Labute approximate surface area is 92.0 Å². The van der Waals surface area contributed by atoms with Gasteiger partial charge in [0.25, 0.3) is 0 Å². The minimum Gasteiger partial charge on any atom is -0.271 e. The summed E-state index contributed by atoms with van der Waals surface area (Å²) in [6.07, 6.45) is 2.02. The fourth-order valence-corrected chi connectivity index (χ4v) is 2.79. The monoisotopic (exact) mass is 238 g/mol. The molecule has 0 spiro atoms. The molecule has 2 nitrogen and oxygen atoms in total. The average molecular weight is 239 g/mol. The molecule has 0 bridgehead atoms. The van der Waals surface area contributed by atoms with Crippen molar-refractivity contribution in [1.82, 2.24) is 5.43 Å². The highest BCUT2D eigenvalue weighted by atomic mass is 35.5. The van der Waals surface area contributed by atoms with E-state index in [1.807, 2.05) is 6.07 Å². The van der Waals surface area contributed by atoms with E-state index in [0.717, 1.165) is 22.7 Å². The molecule has 0 aliphatic carbocycles. The summed E-state index contributed by atoms with van der Waals surface area (Å²) in [7, 11) is 0. The molecule has 3 N–H and O–H groups in total. The predicted molar refractivity (Wildman–Crippen MR) is 59.3 cm³/mol. The lowest BCUT2D eigenvalue weighted by atomic mass is 10.1. The Morgan fingerprint density at radius 2 is 2.31 bits per heavy atom. The van der Waals surface area contributed by atoms with Gasteiger partial charge in [0.2, 0.25) is 0 Å². The molecule has 1 atom stereocenters. The Kier molecular flexibility index (Phi) is 4.49. The Hall–Kier alpha value is 0.200. The molecular formula is C8H12Cl2N2S. The Bertz CT molecular complexity index is 275. The standard InChI is InChI=1S/C8H12Cl2N2S/c1-2-3-6(12-11)5-4-7(9)13-8(5)10/h4,6,12H,2-3,11H2,1H3. The Morgan fingerprint density at radius 1 is 1.62 bits per heavy atom. The minimum atomic E-state index is 0.112. The zero-order chi connectivity index (χ0) is 9.84. The molecule has 0 amide bonds. The van der Waals surface area contributed by atoms with Crippen LogP contribution in [0.1, 0.15) is 31.4 Å². The number of thiophene rings is 1. The van der Waals surface area contributed by atoms with E-state index >= 15 is 0 Å². The molecule has 13 heavy (non-hydrogen) atoms. The smallest absolute Gasteiger partial charge is 0.0992 e. The maximum atomic E-state index is 5.99. The van der Waals surface area contributed by atoms with Crippen LogP contribution in [0.25, 0.3) is 0 Å². The number of hydrogen-bond donors (Lipinski definition) is 2. The van der Waals surface area contributed by atoms with Crippen molar-refractivity contribution in [3.05, 3.63) is 20.3 Å². The van der Waals surface area contributed by atoms with Crippen LogP contribution in [0.15, 0.2) is 6.07 Å². The van der Waals surface area contributed by atoms with E-state index in [0.29, 0.717) is 4.34 Å². The highest BCUT2D eigenvalue weighted by Crippen LogP contribution is 2.36. The number of halogens is 2. The maximum Gasteiger partial charge on any atom is 0.0992 e. The first-order chi connectivity index (χ1) is 6.19. The molecule has 0 radical (unpaired) electrons. The molecule has 0 saturated heterocycles. The van der Waals surface area contributed by atoms with Crippen LogP contribution >= 0.6 is 34.5 Å². The maximum absolute atomic E-state index is 5.99. The average Bonchev–Trinajstić information content (AvgIpc) is 2.41. The lowest BCUT2D eigenvalue weighted by molar-refractivity contribution is 0.511. The van der Waals surface area contributed by atoms with E-state index in [1.165, 1.54) is 11.3 Å². The van der Waals surface area contributed by atoms with Crippen molar-refractivity contribution in [2.75, 3.05) is 0 Å². The molecule has 0 aliphatic heterocycles. The van der Waals surface area contributed by atoms with E-state index in [-0.39, 0.29) is 6.04 Å². The molecule has 0 aromatic carbocycles. The van der Waals surface area contributed by atoms with Crippen molar-refractivity contribution in [2.45, 2.75) is 25.8 Å². The van der Waals surface area contributed by atoms with Gasteiger partial charge in [-0.1, -0.05) is 36.5 Å². The minimum absolute atomic E-state index is 0.112. The number of hydrazine groups is 1. The molecule has 74 valence electrons. The van der Waals surface area contributed by atoms with Crippen molar-refractivity contribution in [3.8, 4) is 0 Å². The van der Waals surface area contributed by atoms with Crippen molar-refractivity contribution < 1.29 is 0 Å². The van der Waals surface area contributed by atoms with Crippen LogP contribution in [-0.2, 0) is 0 Å². The van der Waals surface area contributed by atoms with Crippen LogP contribution in [-0.4, -0.2) is 0 Å². The van der Waals surface area contributed by atoms with E-state index in [2.05, 4.69) is 12.3 Å². The van der Waals surface area contributed by atoms with Gasteiger partial charge in [0.1, 0.15) is 0 Å². The van der Waals surface area contributed by atoms with Gasteiger partial charge < -0.3 is 0 Å². The summed E-state index contributed by atoms with van der Waals surface area (Å²) in [5.41, 5.74) is 3.74. The molecule has 0 aliphatic rings. The highest BCUT2D eigenvalue weighted by Gasteiger charge is 2.15. The second kappa shape index (κ2) is 5.17. The fourth-order valence-electron chi connectivity index (χ4n) is 1.21. The van der Waals surface area contributed by atoms with Crippen LogP contribution < -0.4 is 11.3 Å². The Balaban J connectivity index is 2.83. The van der Waals surface area contributed by atoms with Gasteiger partial charge in [0.05, 0.1) is 8.67 Å². The molecule has 0 fully saturated rings. The summed E-state index contributed by atoms with van der Waals surface area (Å²) in [5.74, 6) is 5.42.